The number of Topliss-reactive ketones (excluding diaryl/α,β-unsaturated/α-hetero) is 1. The van der Waals surface area contributed by atoms with Crippen molar-refractivity contribution < 1.29 is 4.79 Å². The molecule has 0 saturated carbocycles. The summed E-state index contributed by atoms with van der Waals surface area (Å²) in [6.45, 7) is 3.62. The highest BCUT2D eigenvalue weighted by molar-refractivity contribution is 5.98. The summed E-state index contributed by atoms with van der Waals surface area (Å²) in [6, 6.07) is 16.0. The summed E-state index contributed by atoms with van der Waals surface area (Å²) < 4.78 is 0. The molecule has 0 amide bonds. The van der Waals surface area contributed by atoms with E-state index in [0.717, 1.165) is 47.6 Å². The first kappa shape index (κ1) is 17.2. The number of benzene rings is 2. The van der Waals surface area contributed by atoms with Gasteiger partial charge in [0.2, 0.25) is 5.95 Å². The number of nitrogens with two attached hydrogens (primary N) is 1. The zero-order valence-electron chi connectivity index (χ0n) is 15.4. The van der Waals surface area contributed by atoms with E-state index in [9.17, 15) is 4.79 Å². The van der Waals surface area contributed by atoms with Crippen molar-refractivity contribution in [3.8, 4) is 0 Å². The van der Waals surface area contributed by atoms with Crippen molar-refractivity contribution in [3.05, 3.63) is 82.7 Å². The lowest BCUT2D eigenvalue weighted by molar-refractivity contribution is 0.0993. The Kier molecular flexibility index (Phi) is 4.59. The molecule has 3 aromatic rings. The molecule has 0 bridgehead atoms. The molecule has 136 valence electrons. The number of carbonyl (C=O) groups is 1. The molecule has 27 heavy (non-hydrogen) atoms. The molecule has 0 fully saturated rings. The van der Waals surface area contributed by atoms with E-state index >= 15 is 0 Å². The summed E-state index contributed by atoms with van der Waals surface area (Å²) in [7, 11) is 0. The molecule has 5 nitrogen and oxygen atoms in total. The minimum Gasteiger partial charge on any atom is -0.368 e. The monoisotopic (exact) mass is 358 g/mol. The quantitative estimate of drug-likeness (QED) is 0.724. The fraction of sp³-hybridized carbons (Fsp3) is 0.227. The topological polar surface area (TPSA) is 72.1 Å². The minimum atomic E-state index is 0.135. The van der Waals surface area contributed by atoms with Gasteiger partial charge in [-0.2, -0.15) is 0 Å². The Morgan fingerprint density at radius 1 is 1.19 bits per heavy atom. The summed E-state index contributed by atoms with van der Waals surface area (Å²) in [5.41, 5.74) is 11.8. The first-order valence-electron chi connectivity index (χ1n) is 9.12. The highest BCUT2D eigenvalue weighted by Gasteiger charge is 2.19. The SMILES string of the molecule is Cc1cccc(CC(=O)c2cccc(N3CCc4nc(N)ncc4C3)c2)c1. The van der Waals surface area contributed by atoms with Crippen LogP contribution in [0.15, 0.2) is 54.7 Å². The largest absolute Gasteiger partial charge is 0.368 e. The van der Waals surface area contributed by atoms with E-state index in [1.54, 1.807) is 6.20 Å². The van der Waals surface area contributed by atoms with Gasteiger partial charge in [0.05, 0.1) is 5.69 Å². The molecule has 1 aromatic heterocycles. The van der Waals surface area contributed by atoms with Crippen molar-refractivity contribution in [2.24, 2.45) is 0 Å². The van der Waals surface area contributed by atoms with Gasteiger partial charge in [0.25, 0.3) is 0 Å². The molecular formula is C22H22N4O. The van der Waals surface area contributed by atoms with Crippen molar-refractivity contribution >= 4 is 17.4 Å². The highest BCUT2D eigenvalue weighted by Crippen LogP contribution is 2.25. The molecule has 0 saturated heterocycles. The molecule has 2 N–H and O–H groups in total. The van der Waals surface area contributed by atoms with E-state index in [4.69, 9.17) is 5.73 Å². The molecular weight excluding hydrogens is 336 g/mol. The Morgan fingerprint density at radius 2 is 2.04 bits per heavy atom. The Labute approximate surface area is 158 Å². The standard InChI is InChI=1S/C22H22N4O/c1-15-4-2-5-16(10-15)11-21(27)17-6-3-7-19(12-17)26-9-8-20-18(14-26)13-24-22(23)25-20/h2-7,10,12-13H,8-9,11,14H2,1H3,(H2,23,24,25). The third-order valence-electron chi connectivity index (χ3n) is 4.93. The third-order valence-corrected chi connectivity index (χ3v) is 4.93. The molecule has 1 aliphatic rings. The second-order valence-corrected chi connectivity index (χ2v) is 7.01. The van der Waals surface area contributed by atoms with Gasteiger partial charge < -0.3 is 10.6 Å². The lowest BCUT2D eigenvalue weighted by Gasteiger charge is -2.30. The van der Waals surface area contributed by atoms with Crippen LogP contribution in [0.5, 0.6) is 0 Å². The average Bonchev–Trinajstić information content (AvgIpc) is 2.67. The Balaban J connectivity index is 1.52. The van der Waals surface area contributed by atoms with E-state index < -0.39 is 0 Å². The van der Waals surface area contributed by atoms with Crippen LogP contribution in [0, 0.1) is 6.92 Å². The first-order chi connectivity index (χ1) is 13.1. The summed E-state index contributed by atoms with van der Waals surface area (Å²) in [5.74, 6) is 0.460. The second-order valence-electron chi connectivity index (χ2n) is 7.01. The van der Waals surface area contributed by atoms with Crippen LogP contribution in [0.25, 0.3) is 0 Å². The molecule has 4 rings (SSSR count). The van der Waals surface area contributed by atoms with Crippen LogP contribution in [0.3, 0.4) is 0 Å². The van der Waals surface area contributed by atoms with Gasteiger partial charge in [0.1, 0.15) is 0 Å². The number of nitrogen functional groups attached to an aromatic ring is 1. The van der Waals surface area contributed by atoms with Gasteiger partial charge >= 0.3 is 0 Å². The summed E-state index contributed by atoms with van der Waals surface area (Å²) >= 11 is 0. The molecule has 5 heteroatoms. The number of aromatic nitrogens is 2. The Hall–Kier alpha value is -3.21. The van der Waals surface area contributed by atoms with Gasteiger partial charge in [-0.05, 0) is 24.6 Å². The number of ketones is 1. The third kappa shape index (κ3) is 3.82. The Morgan fingerprint density at radius 3 is 2.89 bits per heavy atom. The van der Waals surface area contributed by atoms with E-state index in [1.165, 1.54) is 5.56 Å². The maximum atomic E-state index is 12.7. The maximum Gasteiger partial charge on any atom is 0.220 e. The number of fused-ring (bicyclic) bond motifs is 1. The van der Waals surface area contributed by atoms with Gasteiger partial charge in [0, 0.05) is 48.9 Å². The number of hydrogen-bond donors (Lipinski definition) is 1. The van der Waals surface area contributed by atoms with Crippen molar-refractivity contribution in [2.45, 2.75) is 26.3 Å². The number of aryl methyl sites for hydroxylation is 1. The van der Waals surface area contributed by atoms with Crippen molar-refractivity contribution in [1.82, 2.24) is 9.97 Å². The average molecular weight is 358 g/mol. The molecule has 0 aliphatic carbocycles. The number of rotatable bonds is 4. The summed E-state index contributed by atoms with van der Waals surface area (Å²) in [5, 5.41) is 0. The predicted molar refractivity (Wildman–Crippen MR) is 107 cm³/mol. The van der Waals surface area contributed by atoms with Crippen LogP contribution in [0.2, 0.25) is 0 Å². The number of anilines is 2. The summed E-state index contributed by atoms with van der Waals surface area (Å²) in [4.78, 5) is 23.4. The van der Waals surface area contributed by atoms with E-state index in [-0.39, 0.29) is 5.78 Å². The fourth-order valence-electron chi connectivity index (χ4n) is 3.54. The molecule has 0 radical (unpaired) electrons. The van der Waals surface area contributed by atoms with E-state index in [2.05, 4.69) is 20.9 Å². The summed E-state index contributed by atoms with van der Waals surface area (Å²) in [6.07, 6.45) is 3.04. The smallest absolute Gasteiger partial charge is 0.220 e. The zero-order chi connectivity index (χ0) is 18.8. The van der Waals surface area contributed by atoms with E-state index in [0.29, 0.717) is 12.4 Å². The van der Waals surface area contributed by atoms with Crippen LogP contribution in [0.4, 0.5) is 11.6 Å². The van der Waals surface area contributed by atoms with Crippen molar-refractivity contribution in [1.29, 1.82) is 0 Å². The lowest BCUT2D eigenvalue weighted by Crippen LogP contribution is -2.31. The molecule has 0 unspecified atom stereocenters. The van der Waals surface area contributed by atoms with Crippen LogP contribution < -0.4 is 10.6 Å². The molecule has 0 spiro atoms. The van der Waals surface area contributed by atoms with E-state index in [1.807, 2.05) is 49.4 Å². The lowest BCUT2D eigenvalue weighted by atomic mass is 10.0. The highest BCUT2D eigenvalue weighted by atomic mass is 16.1. The fourth-order valence-corrected chi connectivity index (χ4v) is 3.54. The van der Waals surface area contributed by atoms with Crippen LogP contribution in [0.1, 0.15) is 32.7 Å². The van der Waals surface area contributed by atoms with Gasteiger partial charge in [-0.3, -0.25) is 4.79 Å². The molecule has 0 atom stereocenters. The number of carbonyl (C=O) groups excluding carboxylic acids is 1. The predicted octanol–water partition coefficient (Wildman–Crippen LogP) is 3.36. The number of hydrogen-bond acceptors (Lipinski definition) is 5. The van der Waals surface area contributed by atoms with Crippen LogP contribution in [-0.2, 0) is 19.4 Å². The Bertz CT molecular complexity index is 999. The van der Waals surface area contributed by atoms with Gasteiger partial charge in [-0.15, -0.1) is 0 Å². The zero-order valence-corrected chi connectivity index (χ0v) is 15.4. The molecule has 1 aliphatic heterocycles. The van der Waals surface area contributed by atoms with Crippen LogP contribution in [-0.4, -0.2) is 22.3 Å². The van der Waals surface area contributed by atoms with Crippen molar-refractivity contribution in [2.75, 3.05) is 17.2 Å². The van der Waals surface area contributed by atoms with Crippen LogP contribution >= 0.6 is 0 Å². The number of nitrogens with zero attached hydrogens (tertiary/aromatic N) is 3. The van der Waals surface area contributed by atoms with Crippen molar-refractivity contribution in [3.63, 3.8) is 0 Å². The van der Waals surface area contributed by atoms with Gasteiger partial charge in [-0.1, -0.05) is 42.0 Å². The maximum absolute atomic E-state index is 12.7. The van der Waals surface area contributed by atoms with Gasteiger partial charge in [-0.25, -0.2) is 9.97 Å². The molecule has 2 aromatic carbocycles. The van der Waals surface area contributed by atoms with Gasteiger partial charge in [0.15, 0.2) is 5.78 Å². The minimum absolute atomic E-state index is 0.135. The second kappa shape index (κ2) is 7.19. The molecule has 2 heterocycles. The normalized spacial score (nSPS) is 13.3. The first-order valence-corrected chi connectivity index (χ1v) is 9.12.